The van der Waals surface area contributed by atoms with E-state index in [1.807, 2.05) is 0 Å². The number of nitrogens with one attached hydrogen (secondary N) is 1. The van der Waals surface area contributed by atoms with Gasteiger partial charge in [-0.3, -0.25) is 0 Å². The van der Waals surface area contributed by atoms with Gasteiger partial charge in [0.15, 0.2) is 0 Å². The van der Waals surface area contributed by atoms with Crippen LogP contribution in [0.4, 0.5) is 4.79 Å². The molecule has 0 aromatic rings. The summed E-state index contributed by atoms with van der Waals surface area (Å²) in [7, 11) is 0. The maximum Gasteiger partial charge on any atom is 0.407 e. The van der Waals surface area contributed by atoms with Crippen molar-refractivity contribution in [3.8, 4) is 0 Å². The lowest BCUT2D eigenvalue weighted by molar-refractivity contribution is 0.143. The average Bonchev–Trinajstić information content (AvgIpc) is 2.64. The van der Waals surface area contributed by atoms with E-state index in [4.69, 9.17) is 4.74 Å². The van der Waals surface area contributed by atoms with Gasteiger partial charge >= 0.3 is 6.09 Å². The summed E-state index contributed by atoms with van der Waals surface area (Å²) >= 11 is 0. The van der Waals surface area contributed by atoms with Crippen molar-refractivity contribution in [2.75, 3.05) is 13.2 Å². The smallest absolute Gasteiger partial charge is 0.407 e. The van der Waals surface area contributed by atoms with Crippen molar-refractivity contribution in [1.29, 1.82) is 0 Å². The van der Waals surface area contributed by atoms with Crippen molar-refractivity contribution in [3.63, 3.8) is 0 Å². The Kier molecular flexibility index (Phi) is 21.7. The molecule has 0 rings (SSSR count). The zero-order chi connectivity index (χ0) is 19.1. The lowest BCUT2D eigenvalue weighted by Gasteiger charge is -2.07. The lowest BCUT2D eigenvalue weighted by Crippen LogP contribution is -2.25. The zero-order valence-corrected chi connectivity index (χ0v) is 18.0. The minimum Gasteiger partial charge on any atom is -0.450 e. The highest BCUT2D eigenvalue weighted by Gasteiger charge is 2.00. The van der Waals surface area contributed by atoms with E-state index in [1.165, 1.54) is 96.3 Å². The molecular weight excluding hydrogens is 322 g/mol. The summed E-state index contributed by atoms with van der Waals surface area (Å²) < 4.78 is 5.16. The van der Waals surface area contributed by atoms with Crippen molar-refractivity contribution in [2.45, 2.75) is 129 Å². The number of ether oxygens (including phenoxy) is 1. The Balaban J connectivity index is 3.09. The number of carbonyl (C=O) groups excluding carboxylic acids is 1. The van der Waals surface area contributed by atoms with Crippen LogP contribution < -0.4 is 5.32 Å². The number of alkyl carbamates (subject to hydrolysis) is 1. The third-order valence-electron chi connectivity index (χ3n) is 5.03. The molecule has 0 aliphatic rings. The summed E-state index contributed by atoms with van der Waals surface area (Å²) in [6.07, 6.45) is 23.4. The summed E-state index contributed by atoms with van der Waals surface area (Å²) in [5.41, 5.74) is 0. The second-order valence-electron chi connectivity index (χ2n) is 7.72. The Morgan fingerprint density at radius 2 is 0.962 bits per heavy atom. The maximum absolute atomic E-state index is 11.5. The SMILES string of the molecule is CCCCCCCCCCCCCCCCNC(=O)OCCCCCC. The standard InChI is InChI=1S/C23H47NO2/c1-3-5-7-9-10-11-12-13-14-15-16-17-18-19-21-24-23(25)26-22-20-8-6-4-2/h3-22H2,1-2H3,(H,24,25). The zero-order valence-electron chi connectivity index (χ0n) is 18.0. The molecule has 1 N–H and O–H groups in total. The van der Waals surface area contributed by atoms with Crippen LogP contribution in [0.5, 0.6) is 0 Å². The van der Waals surface area contributed by atoms with Gasteiger partial charge in [0.2, 0.25) is 0 Å². The summed E-state index contributed by atoms with van der Waals surface area (Å²) in [4.78, 5) is 11.5. The van der Waals surface area contributed by atoms with Crippen LogP contribution in [0, 0.1) is 0 Å². The first kappa shape index (κ1) is 25.3. The van der Waals surface area contributed by atoms with Crippen molar-refractivity contribution >= 4 is 6.09 Å². The predicted molar refractivity (Wildman–Crippen MR) is 114 cm³/mol. The molecule has 0 atom stereocenters. The minimum absolute atomic E-state index is 0.240. The van der Waals surface area contributed by atoms with Crippen LogP contribution in [0.1, 0.15) is 129 Å². The van der Waals surface area contributed by atoms with Gasteiger partial charge in [0.25, 0.3) is 0 Å². The van der Waals surface area contributed by atoms with Crippen LogP contribution in [0.25, 0.3) is 0 Å². The van der Waals surface area contributed by atoms with E-state index >= 15 is 0 Å². The number of hydrogen-bond donors (Lipinski definition) is 1. The van der Waals surface area contributed by atoms with Gasteiger partial charge in [-0.25, -0.2) is 4.79 Å². The molecule has 0 aromatic heterocycles. The van der Waals surface area contributed by atoms with E-state index in [1.54, 1.807) is 0 Å². The summed E-state index contributed by atoms with van der Waals surface area (Å²) in [6.45, 7) is 5.78. The van der Waals surface area contributed by atoms with Gasteiger partial charge in [0, 0.05) is 6.54 Å². The number of hydrogen-bond acceptors (Lipinski definition) is 2. The first-order valence-electron chi connectivity index (χ1n) is 11.7. The first-order valence-corrected chi connectivity index (χ1v) is 11.7. The van der Waals surface area contributed by atoms with E-state index in [0.29, 0.717) is 6.61 Å². The molecule has 1 amide bonds. The molecule has 156 valence electrons. The molecule has 0 radical (unpaired) electrons. The third-order valence-corrected chi connectivity index (χ3v) is 5.03. The molecule has 0 aromatic carbocycles. The largest absolute Gasteiger partial charge is 0.450 e. The van der Waals surface area contributed by atoms with Gasteiger partial charge in [-0.05, 0) is 12.8 Å². The monoisotopic (exact) mass is 369 g/mol. The van der Waals surface area contributed by atoms with E-state index < -0.39 is 0 Å². The van der Waals surface area contributed by atoms with Crippen LogP contribution in [0.15, 0.2) is 0 Å². The Labute approximate surface area is 164 Å². The molecule has 26 heavy (non-hydrogen) atoms. The lowest BCUT2D eigenvalue weighted by atomic mass is 10.0. The molecule has 0 fully saturated rings. The highest BCUT2D eigenvalue weighted by Crippen LogP contribution is 2.12. The van der Waals surface area contributed by atoms with Gasteiger partial charge < -0.3 is 10.1 Å². The van der Waals surface area contributed by atoms with Crippen molar-refractivity contribution < 1.29 is 9.53 Å². The van der Waals surface area contributed by atoms with Gasteiger partial charge in [-0.2, -0.15) is 0 Å². The van der Waals surface area contributed by atoms with E-state index in [0.717, 1.165) is 25.8 Å². The highest BCUT2D eigenvalue weighted by atomic mass is 16.5. The van der Waals surface area contributed by atoms with Crippen molar-refractivity contribution in [1.82, 2.24) is 5.32 Å². The van der Waals surface area contributed by atoms with Crippen LogP contribution in [-0.4, -0.2) is 19.2 Å². The minimum atomic E-state index is -0.240. The van der Waals surface area contributed by atoms with Gasteiger partial charge in [-0.1, -0.05) is 117 Å². The molecule has 0 aliphatic carbocycles. The summed E-state index contributed by atoms with van der Waals surface area (Å²) in [6, 6.07) is 0. The van der Waals surface area contributed by atoms with Crippen LogP contribution in [0.2, 0.25) is 0 Å². The average molecular weight is 370 g/mol. The molecule has 0 aliphatic heterocycles. The van der Waals surface area contributed by atoms with Crippen LogP contribution in [0.3, 0.4) is 0 Å². The quantitative estimate of drug-likeness (QED) is 0.222. The fourth-order valence-electron chi connectivity index (χ4n) is 3.25. The van der Waals surface area contributed by atoms with Crippen LogP contribution >= 0.6 is 0 Å². The first-order chi connectivity index (χ1) is 12.8. The molecule has 0 bridgehead atoms. The molecular formula is C23H47NO2. The van der Waals surface area contributed by atoms with E-state index in [-0.39, 0.29) is 6.09 Å². The Bertz CT molecular complexity index is 281. The number of rotatable bonds is 20. The fraction of sp³-hybridized carbons (Fsp3) is 0.957. The molecule has 0 saturated carbocycles. The molecule has 0 heterocycles. The highest BCUT2D eigenvalue weighted by molar-refractivity contribution is 5.66. The number of amides is 1. The predicted octanol–water partition coefficient (Wildman–Crippen LogP) is 7.77. The van der Waals surface area contributed by atoms with Gasteiger partial charge in [0.1, 0.15) is 0 Å². The van der Waals surface area contributed by atoms with E-state index in [2.05, 4.69) is 19.2 Å². The van der Waals surface area contributed by atoms with Crippen LogP contribution in [-0.2, 0) is 4.74 Å². The Morgan fingerprint density at radius 1 is 0.577 bits per heavy atom. The number of unbranched alkanes of at least 4 members (excludes halogenated alkanes) is 16. The summed E-state index contributed by atoms with van der Waals surface area (Å²) in [5.74, 6) is 0. The normalized spacial score (nSPS) is 10.8. The molecule has 0 unspecified atom stereocenters. The van der Waals surface area contributed by atoms with Crippen molar-refractivity contribution in [3.05, 3.63) is 0 Å². The van der Waals surface area contributed by atoms with E-state index in [9.17, 15) is 4.79 Å². The Morgan fingerprint density at radius 3 is 1.42 bits per heavy atom. The Hall–Kier alpha value is -0.730. The topological polar surface area (TPSA) is 38.3 Å². The second-order valence-corrected chi connectivity index (χ2v) is 7.72. The molecule has 3 nitrogen and oxygen atoms in total. The molecule has 0 saturated heterocycles. The molecule has 3 heteroatoms. The number of carbonyl (C=O) groups is 1. The second kappa shape index (κ2) is 22.3. The third kappa shape index (κ3) is 21.3. The van der Waals surface area contributed by atoms with Gasteiger partial charge in [0.05, 0.1) is 6.61 Å². The fourth-order valence-corrected chi connectivity index (χ4v) is 3.25. The summed E-state index contributed by atoms with van der Waals surface area (Å²) in [5, 5.41) is 2.86. The van der Waals surface area contributed by atoms with Crippen molar-refractivity contribution in [2.24, 2.45) is 0 Å². The van der Waals surface area contributed by atoms with Gasteiger partial charge in [-0.15, -0.1) is 0 Å². The molecule has 0 spiro atoms. The maximum atomic E-state index is 11.5.